The lowest BCUT2D eigenvalue weighted by molar-refractivity contribution is -0.0901. The summed E-state index contributed by atoms with van der Waals surface area (Å²) in [5.41, 5.74) is -1.53. The molecule has 0 unspecified atom stereocenters. The fourth-order valence-corrected chi connectivity index (χ4v) is 2.25. The van der Waals surface area contributed by atoms with Crippen LogP contribution in [0, 0.1) is 0 Å². The summed E-state index contributed by atoms with van der Waals surface area (Å²) in [6.07, 6.45) is 1.56. The van der Waals surface area contributed by atoms with Gasteiger partial charge >= 0.3 is 5.63 Å². The summed E-state index contributed by atoms with van der Waals surface area (Å²) in [5, 5.41) is 19.7. The molecule has 0 bridgehead atoms. The molecule has 7 heteroatoms. The fraction of sp³-hybridized carbons (Fsp3) is 0.214. The first kappa shape index (κ1) is 13.3. The number of carbonyl (C=O) groups excluding carboxylic acids is 1. The Bertz CT molecular complexity index is 735. The van der Waals surface area contributed by atoms with Crippen LogP contribution in [0.25, 0.3) is 0 Å². The number of pyridine rings is 1. The zero-order valence-electron chi connectivity index (χ0n) is 10.9. The summed E-state index contributed by atoms with van der Waals surface area (Å²) in [4.78, 5) is 28.6. The second kappa shape index (κ2) is 4.71. The van der Waals surface area contributed by atoms with Gasteiger partial charge in [-0.05, 0) is 12.1 Å². The van der Waals surface area contributed by atoms with Gasteiger partial charge in [-0.25, -0.2) is 4.79 Å². The summed E-state index contributed by atoms with van der Waals surface area (Å²) >= 11 is 0. The first-order chi connectivity index (χ1) is 9.98. The Labute approximate surface area is 119 Å². The maximum atomic E-state index is 12.1. The second-order valence-electron chi connectivity index (χ2n) is 4.91. The molecule has 2 aromatic rings. The molecule has 1 aliphatic rings. The van der Waals surface area contributed by atoms with Crippen LogP contribution in [0.3, 0.4) is 0 Å². The maximum Gasteiger partial charge on any atom is 0.340 e. The molecule has 3 rings (SSSR count). The van der Waals surface area contributed by atoms with Crippen LogP contribution in [0.1, 0.15) is 16.2 Å². The average Bonchev–Trinajstić information content (AvgIpc) is 2.43. The van der Waals surface area contributed by atoms with Crippen molar-refractivity contribution >= 4 is 5.91 Å². The predicted molar refractivity (Wildman–Crippen MR) is 70.7 cm³/mol. The van der Waals surface area contributed by atoms with E-state index in [9.17, 15) is 19.8 Å². The number of hydrogen-bond donors (Lipinski definition) is 2. The standard InChI is InChI=1S/C14H12N2O5/c17-9-5-10(21-12(18)6-9)13(19)16-7-14(20,8-16)11-3-1-2-4-15-11/h1-6,17,20H,7-8H2. The van der Waals surface area contributed by atoms with Crippen molar-refractivity contribution in [2.75, 3.05) is 13.1 Å². The Morgan fingerprint density at radius 3 is 2.71 bits per heavy atom. The highest BCUT2D eigenvalue weighted by Gasteiger charge is 2.46. The van der Waals surface area contributed by atoms with E-state index in [1.165, 1.54) is 4.90 Å². The van der Waals surface area contributed by atoms with E-state index >= 15 is 0 Å². The molecule has 0 aromatic carbocycles. The molecule has 108 valence electrons. The molecule has 1 fully saturated rings. The van der Waals surface area contributed by atoms with Crippen molar-refractivity contribution in [1.82, 2.24) is 9.88 Å². The molecule has 3 heterocycles. The van der Waals surface area contributed by atoms with Crippen molar-refractivity contribution < 1.29 is 19.4 Å². The lowest BCUT2D eigenvalue weighted by Crippen LogP contribution is -2.61. The minimum atomic E-state index is -1.20. The largest absolute Gasteiger partial charge is 0.508 e. The fourth-order valence-electron chi connectivity index (χ4n) is 2.25. The summed E-state index contributed by atoms with van der Waals surface area (Å²) in [6.45, 7) is 0.0877. The van der Waals surface area contributed by atoms with Gasteiger partial charge in [0.1, 0.15) is 11.4 Å². The number of aliphatic hydroxyl groups is 1. The molecule has 1 aliphatic heterocycles. The van der Waals surface area contributed by atoms with Crippen LogP contribution in [0.15, 0.2) is 45.7 Å². The Balaban J connectivity index is 1.77. The van der Waals surface area contributed by atoms with Crippen molar-refractivity contribution in [3.8, 4) is 5.75 Å². The zero-order chi connectivity index (χ0) is 15.0. The van der Waals surface area contributed by atoms with Crippen molar-refractivity contribution in [3.05, 3.63) is 58.4 Å². The molecular formula is C14H12N2O5. The third-order valence-electron chi connectivity index (χ3n) is 3.30. The van der Waals surface area contributed by atoms with Gasteiger partial charge in [-0.15, -0.1) is 0 Å². The molecule has 0 radical (unpaired) electrons. The van der Waals surface area contributed by atoms with Crippen LogP contribution >= 0.6 is 0 Å². The van der Waals surface area contributed by atoms with Gasteiger partial charge in [0.2, 0.25) is 0 Å². The smallest absolute Gasteiger partial charge is 0.340 e. The number of carbonyl (C=O) groups is 1. The molecule has 2 N–H and O–H groups in total. The topological polar surface area (TPSA) is 104 Å². The van der Waals surface area contributed by atoms with Crippen LogP contribution in [0.4, 0.5) is 0 Å². The third-order valence-corrected chi connectivity index (χ3v) is 3.30. The van der Waals surface area contributed by atoms with Crippen molar-refractivity contribution in [2.45, 2.75) is 5.60 Å². The Morgan fingerprint density at radius 2 is 2.10 bits per heavy atom. The first-order valence-electron chi connectivity index (χ1n) is 6.25. The number of rotatable bonds is 2. The molecular weight excluding hydrogens is 276 g/mol. The van der Waals surface area contributed by atoms with Crippen LogP contribution < -0.4 is 5.63 Å². The SMILES string of the molecule is O=C(c1cc(O)cc(=O)o1)N1CC(O)(c2ccccn2)C1. The molecule has 0 saturated carbocycles. The molecule has 1 saturated heterocycles. The summed E-state index contributed by atoms with van der Waals surface area (Å²) in [7, 11) is 0. The van der Waals surface area contributed by atoms with Crippen molar-refractivity contribution in [2.24, 2.45) is 0 Å². The third kappa shape index (κ3) is 2.38. The Hall–Kier alpha value is -2.67. The monoisotopic (exact) mass is 288 g/mol. The molecule has 0 atom stereocenters. The van der Waals surface area contributed by atoms with Crippen LogP contribution in [-0.4, -0.2) is 39.1 Å². The van der Waals surface area contributed by atoms with Gasteiger partial charge in [0.05, 0.1) is 24.8 Å². The van der Waals surface area contributed by atoms with Gasteiger partial charge in [-0.2, -0.15) is 0 Å². The minimum absolute atomic E-state index is 0.0439. The predicted octanol–water partition coefficient (Wildman–Crippen LogP) is 0.0840. The first-order valence-corrected chi connectivity index (χ1v) is 6.25. The second-order valence-corrected chi connectivity index (χ2v) is 4.91. The number of amides is 1. The van der Waals surface area contributed by atoms with Crippen LogP contribution in [-0.2, 0) is 5.60 Å². The van der Waals surface area contributed by atoms with Crippen LogP contribution in [0.5, 0.6) is 5.75 Å². The van der Waals surface area contributed by atoms with E-state index in [1.807, 2.05) is 0 Å². The minimum Gasteiger partial charge on any atom is -0.508 e. The van der Waals surface area contributed by atoms with E-state index in [2.05, 4.69) is 4.98 Å². The van der Waals surface area contributed by atoms with E-state index in [1.54, 1.807) is 24.4 Å². The average molecular weight is 288 g/mol. The molecule has 21 heavy (non-hydrogen) atoms. The van der Waals surface area contributed by atoms with E-state index < -0.39 is 17.1 Å². The quantitative estimate of drug-likeness (QED) is 0.811. The molecule has 2 aromatic heterocycles. The van der Waals surface area contributed by atoms with Gasteiger partial charge < -0.3 is 19.5 Å². The van der Waals surface area contributed by atoms with Crippen molar-refractivity contribution in [3.63, 3.8) is 0 Å². The number of hydrogen-bond acceptors (Lipinski definition) is 6. The number of aromatic nitrogens is 1. The van der Waals surface area contributed by atoms with Gasteiger partial charge in [0.15, 0.2) is 5.76 Å². The lowest BCUT2D eigenvalue weighted by Gasteiger charge is -2.45. The summed E-state index contributed by atoms with van der Waals surface area (Å²) < 4.78 is 4.75. The number of β-amino-alcohol motifs (C(OH)–C–C–N with tert-alkyl or cyclic N) is 1. The zero-order valence-corrected chi connectivity index (χ0v) is 10.9. The Morgan fingerprint density at radius 1 is 1.33 bits per heavy atom. The van der Waals surface area contributed by atoms with Gasteiger partial charge in [0.25, 0.3) is 5.91 Å². The van der Waals surface area contributed by atoms with Gasteiger partial charge in [0, 0.05) is 12.3 Å². The maximum absolute atomic E-state index is 12.1. The van der Waals surface area contributed by atoms with Gasteiger partial charge in [-0.1, -0.05) is 6.07 Å². The van der Waals surface area contributed by atoms with E-state index in [0.717, 1.165) is 12.1 Å². The van der Waals surface area contributed by atoms with E-state index in [0.29, 0.717) is 5.69 Å². The highest BCUT2D eigenvalue weighted by molar-refractivity contribution is 5.92. The Kier molecular flexibility index (Phi) is 2.99. The lowest BCUT2D eigenvalue weighted by atomic mass is 9.89. The number of nitrogens with zero attached hydrogens (tertiary/aromatic N) is 2. The van der Waals surface area contributed by atoms with Crippen LogP contribution in [0.2, 0.25) is 0 Å². The normalized spacial score (nSPS) is 16.3. The highest BCUT2D eigenvalue weighted by Crippen LogP contribution is 2.31. The van der Waals surface area contributed by atoms with E-state index in [4.69, 9.17) is 4.42 Å². The molecule has 7 nitrogen and oxygen atoms in total. The van der Waals surface area contributed by atoms with E-state index in [-0.39, 0.29) is 24.6 Å². The number of aromatic hydroxyl groups is 1. The molecule has 0 spiro atoms. The van der Waals surface area contributed by atoms with Gasteiger partial charge in [-0.3, -0.25) is 9.78 Å². The molecule has 1 amide bonds. The van der Waals surface area contributed by atoms with Crippen molar-refractivity contribution in [1.29, 1.82) is 0 Å². The number of likely N-dealkylation sites (tertiary alicyclic amines) is 1. The summed E-state index contributed by atoms with van der Waals surface area (Å²) in [6, 6.07) is 7.10. The molecule has 0 aliphatic carbocycles. The summed E-state index contributed by atoms with van der Waals surface area (Å²) in [5.74, 6) is -1.17. The highest BCUT2D eigenvalue weighted by atomic mass is 16.4.